The van der Waals surface area contributed by atoms with Gasteiger partial charge >= 0.3 is 0 Å². The van der Waals surface area contributed by atoms with Gasteiger partial charge in [-0.15, -0.1) is 0 Å². The van der Waals surface area contributed by atoms with Crippen LogP contribution in [0.15, 0.2) is 42.7 Å². The van der Waals surface area contributed by atoms with Gasteiger partial charge in [0.25, 0.3) is 5.91 Å². The lowest BCUT2D eigenvalue weighted by atomic mass is 9.82. The van der Waals surface area contributed by atoms with Crippen LogP contribution in [0.25, 0.3) is 11.0 Å². The molecule has 1 spiro atoms. The standard InChI is InChI=1S/C25H23FN6O2/c1-14-21-22(29-30(14)2)24(33)32(16-4-6-19-20(10-16)28-13-27-19)23(21)17-5-3-15(9-18(17)26)31-8-7-25(31)11-34-12-25/h3-6,9-10,13,23H,7-8,11-12H2,1-2H3,(H,27,28). The van der Waals surface area contributed by atoms with Crippen LogP contribution in [0.4, 0.5) is 15.8 Å². The molecule has 3 aliphatic heterocycles. The zero-order valence-corrected chi connectivity index (χ0v) is 18.9. The maximum atomic E-state index is 15.8. The van der Waals surface area contributed by atoms with Crippen LogP contribution in [0.1, 0.15) is 39.8 Å². The number of hydrogen-bond acceptors (Lipinski definition) is 5. The van der Waals surface area contributed by atoms with Crippen molar-refractivity contribution in [3.63, 3.8) is 0 Å². The zero-order valence-electron chi connectivity index (χ0n) is 18.9. The first-order chi connectivity index (χ1) is 16.5. The second-order valence-corrected chi connectivity index (χ2v) is 9.48. The lowest BCUT2D eigenvalue weighted by Gasteiger charge is -2.58. The second kappa shape index (κ2) is 6.66. The number of fused-ring (bicyclic) bond motifs is 2. The van der Waals surface area contributed by atoms with E-state index in [1.807, 2.05) is 44.3 Å². The lowest BCUT2D eigenvalue weighted by Crippen LogP contribution is -2.71. The summed E-state index contributed by atoms with van der Waals surface area (Å²) < 4.78 is 22.9. The topological polar surface area (TPSA) is 79.3 Å². The molecule has 34 heavy (non-hydrogen) atoms. The molecule has 0 bridgehead atoms. The number of carbonyl (C=O) groups is 1. The van der Waals surface area contributed by atoms with E-state index in [0.29, 0.717) is 30.2 Å². The Balaban J connectivity index is 1.35. The number of rotatable bonds is 3. The Kier molecular flexibility index (Phi) is 3.87. The van der Waals surface area contributed by atoms with Crippen LogP contribution in [-0.4, -0.2) is 51.0 Å². The maximum Gasteiger partial charge on any atom is 0.280 e. The van der Waals surface area contributed by atoms with Crippen molar-refractivity contribution in [1.82, 2.24) is 19.7 Å². The molecule has 1 N–H and O–H groups in total. The van der Waals surface area contributed by atoms with Crippen molar-refractivity contribution in [1.29, 1.82) is 0 Å². The molecule has 172 valence electrons. The van der Waals surface area contributed by atoms with Crippen molar-refractivity contribution in [3.05, 3.63) is 71.1 Å². The summed E-state index contributed by atoms with van der Waals surface area (Å²) in [5.41, 5.74) is 5.56. The number of aromatic amines is 1. The van der Waals surface area contributed by atoms with E-state index in [-0.39, 0.29) is 17.3 Å². The van der Waals surface area contributed by atoms with Crippen LogP contribution in [0, 0.1) is 12.7 Å². The molecule has 9 heteroatoms. The van der Waals surface area contributed by atoms with E-state index in [1.54, 1.807) is 22.0 Å². The van der Waals surface area contributed by atoms with Crippen LogP contribution in [0.5, 0.6) is 0 Å². The number of imidazole rings is 1. The van der Waals surface area contributed by atoms with Crippen molar-refractivity contribution in [2.45, 2.75) is 24.9 Å². The Hall–Kier alpha value is -3.72. The average Bonchev–Trinajstić information content (AvgIpc) is 3.42. The summed E-state index contributed by atoms with van der Waals surface area (Å²) in [7, 11) is 1.81. The molecule has 0 saturated carbocycles. The van der Waals surface area contributed by atoms with E-state index < -0.39 is 6.04 Å². The number of anilines is 2. The van der Waals surface area contributed by atoms with E-state index in [0.717, 1.165) is 40.9 Å². The van der Waals surface area contributed by atoms with Gasteiger partial charge in [-0.2, -0.15) is 5.10 Å². The highest BCUT2D eigenvalue weighted by atomic mass is 19.1. The van der Waals surface area contributed by atoms with Gasteiger partial charge in [0.1, 0.15) is 5.82 Å². The first kappa shape index (κ1) is 19.7. The van der Waals surface area contributed by atoms with Gasteiger partial charge in [0.2, 0.25) is 0 Å². The second-order valence-electron chi connectivity index (χ2n) is 9.48. The number of aryl methyl sites for hydroxylation is 1. The van der Waals surface area contributed by atoms with Gasteiger partial charge in [-0.3, -0.25) is 14.4 Å². The molecule has 1 unspecified atom stereocenters. The minimum atomic E-state index is -0.612. The molecule has 2 fully saturated rings. The largest absolute Gasteiger partial charge is 0.376 e. The number of halogens is 1. The monoisotopic (exact) mass is 458 g/mol. The van der Waals surface area contributed by atoms with Crippen molar-refractivity contribution in [3.8, 4) is 0 Å². The van der Waals surface area contributed by atoms with E-state index in [2.05, 4.69) is 20.0 Å². The van der Waals surface area contributed by atoms with Crippen LogP contribution < -0.4 is 9.80 Å². The van der Waals surface area contributed by atoms with E-state index in [4.69, 9.17) is 4.74 Å². The number of ether oxygens (including phenoxy) is 1. The fraction of sp³-hybridized carbons (Fsp3) is 0.320. The number of aromatic nitrogens is 4. The summed E-state index contributed by atoms with van der Waals surface area (Å²) in [5.74, 6) is -0.574. The van der Waals surface area contributed by atoms with Crippen LogP contribution >= 0.6 is 0 Å². The van der Waals surface area contributed by atoms with E-state index in [9.17, 15) is 4.79 Å². The number of H-pyrrole nitrogens is 1. The summed E-state index contributed by atoms with van der Waals surface area (Å²) in [5, 5.41) is 4.47. The molecule has 3 aliphatic rings. The van der Waals surface area contributed by atoms with Crippen LogP contribution in [0.2, 0.25) is 0 Å². The number of amides is 1. The average molecular weight is 458 g/mol. The molecule has 1 amide bonds. The highest BCUT2D eigenvalue weighted by Gasteiger charge is 2.51. The molecule has 7 rings (SSSR count). The molecule has 4 aromatic rings. The summed E-state index contributed by atoms with van der Waals surface area (Å²) in [6.45, 7) is 4.19. The molecule has 2 aromatic carbocycles. The van der Waals surface area contributed by atoms with E-state index >= 15 is 4.39 Å². The molecule has 2 saturated heterocycles. The van der Waals surface area contributed by atoms with Gasteiger partial charge in [-0.25, -0.2) is 9.37 Å². The van der Waals surface area contributed by atoms with Gasteiger partial charge in [0.15, 0.2) is 5.69 Å². The van der Waals surface area contributed by atoms with Crippen LogP contribution in [0.3, 0.4) is 0 Å². The smallest absolute Gasteiger partial charge is 0.280 e. The minimum Gasteiger partial charge on any atom is -0.376 e. The third-order valence-electron chi connectivity index (χ3n) is 7.72. The third kappa shape index (κ3) is 2.47. The predicted octanol–water partition coefficient (Wildman–Crippen LogP) is 3.47. The SMILES string of the molecule is Cc1c2c(nn1C)C(=O)N(c1ccc3[nH]cnc3c1)C2c1ccc(N2CCC23COC3)cc1F. The summed E-state index contributed by atoms with van der Waals surface area (Å²) >= 11 is 0. The minimum absolute atomic E-state index is 0.0232. The van der Waals surface area contributed by atoms with Crippen molar-refractivity contribution < 1.29 is 13.9 Å². The van der Waals surface area contributed by atoms with E-state index in [1.165, 1.54) is 0 Å². The number of carbonyl (C=O) groups excluding carboxylic acids is 1. The Bertz CT molecular complexity index is 1480. The van der Waals surface area contributed by atoms with Gasteiger partial charge in [0.05, 0.1) is 42.2 Å². The highest BCUT2D eigenvalue weighted by Crippen LogP contribution is 2.46. The first-order valence-corrected chi connectivity index (χ1v) is 11.4. The molecular weight excluding hydrogens is 435 g/mol. The number of hydrogen-bond donors (Lipinski definition) is 1. The lowest BCUT2D eigenvalue weighted by molar-refractivity contribution is -0.0847. The number of nitrogens with zero attached hydrogens (tertiary/aromatic N) is 5. The van der Waals surface area contributed by atoms with Gasteiger partial charge in [-0.1, -0.05) is 6.07 Å². The molecule has 0 aliphatic carbocycles. The van der Waals surface area contributed by atoms with Crippen LogP contribution in [-0.2, 0) is 11.8 Å². The Labute approximate surface area is 194 Å². The van der Waals surface area contributed by atoms with Gasteiger partial charge in [-0.05, 0) is 43.7 Å². The molecule has 1 atom stereocenters. The fourth-order valence-corrected chi connectivity index (χ4v) is 5.59. The molecule has 5 heterocycles. The maximum absolute atomic E-state index is 15.8. The molecule has 0 radical (unpaired) electrons. The summed E-state index contributed by atoms with van der Waals surface area (Å²) in [4.78, 5) is 24.8. The molecule has 2 aromatic heterocycles. The highest BCUT2D eigenvalue weighted by molar-refractivity contribution is 6.11. The number of nitrogens with one attached hydrogen (secondary N) is 1. The normalized spacial score (nSPS) is 20.7. The Morgan fingerprint density at radius 3 is 2.71 bits per heavy atom. The summed E-state index contributed by atoms with van der Waals surface area (Å²) in [6, 6.07) is 10.4. The van der Waals surface area contributed by atoms with Crippen molar-refractivity contribution >= 4 is 28.3 Å². The van der Waals surface area contributed by atoms with Gasteiger partial charge < -0.3 is 14.6 Å². The predicted molar refractivity (Wildman–Crippen MR) is 125 cm³/mol. The van der Waals surface area contributed by atoms with Crippen molar-refractivity contribution in [2.24, 2.45) is 7.05 Å². The van der Waals surface area contributed by atoms with Gasteiger partial charge in [0, 0.05) is 41.8 Å². The fourth-order valence-electron chi connectivity index (χ4n) is 5.59. The van der Waals surface area contributed by atoms with Crippen molar-refractivity contribution in [2.75, 3.05) is 29.6 Å². The number of benzene rings is 2. The Morgan fingerprint density at radius 1 is 1.18 bits per heavy atom. The zero-order chi connectivity index (χ0) is 23.2. The first-order valence-electron chi connectivity index (χ1n) is 11.4. The molecular formula is C25H23FN6O2. The third-order valence-corrected chi connectivity index (χ3v) is 7.72. The quantitative estimate of drug-likeness (QED) is 0.509. The Morgan fingerprint density at radius 2 is 2.00 bits per heavy atom. The molecule has 8 nitrogen and oxygen atoms in total. The summed E-state index contributed by atoms with van der Waals surface area (Å²) in [6.07, 6.45) is 2.68.